The average Bonchev–Trinajstić information content (AvgIpc) is 2.77. The summed E-state index contributed by atoms with van der Waals surface area (Å²) in [5.41, 5.74) is 4.06. The molecule has 110 valence electrons. The van der Waals surface area contributed by atoms with Gasteiger partial charge in [-0.25, -0.2) is 0 Å². The summed E-state index contributed by atoms with van der Waals surface area (Å²) in [6.45, 7) is 10.8. The third kappa shape index (κ3) is 2.35. The van der Waals surface area contributed by atoms with Gasteiger partial charge in [0.1, 0.15) is 0 Å². The highest BCUT2D eigenvalue weighted by molar-refractivity contribution is 9.10. The molecule has 1 nitrogen and oxygen atoms in total. The van der Waals surface area contributed by atoms with Gasteiger partial charge in [0.05, 0.1) is 0 Å². The van der Waals surface area contributed by atoms with Crippen molar-refractivity contribution >= 4 is 15.9 Å². The van der Waals surface area contributed by atoms with Gasteiger partial charge >= 0.3 is 0 Å². The zero-order chi connectivity index (χ0) is 14.5. The first-order chi connectivity index (χ1) is 9.32. The zero-order valence-electron chi connectivity index (χ0n) is 13.1. The molecule has 1 fully saturated rings. The average molecular weight is 336 g/mol. The van der Waals surface area contributed by atoms with Crippen molar-refractivity contribution in [2.24, 2.45) is 16.7 Å². The molecule has 0 bridgehead atoms. The van der Waals surface area contributed by atoms with Crippen LogP contribution in [-0.2, 0) is 12.8 Å². The van der Waals surface area contributed by atoms with Gasteiger partial charge in [0, 0.05) is 10.5 Å². The quantitative estimate of drug-likeness (QED) is 0.852. The minimum atomic E-state index is 0.497. The summed E-state index contributed by atoms with van der Waals surface area (Å²) >= 11 is 3.57. The normalized spacial score (nSPS) is 27.1. The van der Waals surface area contributed by atoms with Gasteiger partial charge in [0.15, 0.2) is 0 Å². The van der Waals surface area contributed by atoms with Crippen molar-refractivity contribution < 1.29 is 0 Å². The van der Waals surface area contributed by atoms with Gasteiger partial charge in [0.2, 0.25) is 0 Å². The molecule has 2 heteroatoms. The summed E-state index contributed by atoms with van der Waals surface area (Å²) in [4.78, 5) is 0. The second-order valence-electron chi connectivity index (χ2n) is 7.76. The number of aryl methyl sites for hydroxylation is 1. The van der Waals surface area contributed by atoms with E-state index in [0.29, 0.717) is 16.9 Å². The van der Waals surface area contributed by atoms with Crippen LogP contribution in [0.15, 0.2) is 22.7 Å². The Labute approximate surface area is 131 Å². The van der Waals surface area contributed by atoms with Gasteiger partial charge in [-0.1, -0.05) is 49.7 Å². The molecule has 0 radical (unpaired) electrons. The molecule has 1 aromatic rings. The van der Waals surface area contributed by atoms with E-state index in [0.717, 1.165) is 5.92 Å². The van der Waals surface area contributed by atoms with Crippen LogP contribution in [0.3, 0.4) is 0 Å². The maximum absolute atomic E-state index is 3.84. The smallest absolute Gasteiger partial charge is 0.0178 e. The van der Waals surface area contributed by atoms with Crippen LogP contribution in [0.1, 0.15) is 45.2 Å². The first-order valence-electron chi connectivity index (χ1n) is 7.83. The summed E-state index contributed by atoms with van der Waals surface area (Å²) in [7, 11) is 0. The van der Waals surface area contributed by atoms with Crippen LogP contribution in [0, 0.1) is 16.7 Å². The van der Waals surface area contributed by atoms with E-state index >= 15 is 0 Å². The van der Waals surface area contributed by atoms with Crippen molar-refractivity contribution in [1.82, 2.24) is 5.32 Å². The molecule has 0 spiro atoms. The van der Waals surface area contributed by atoms with E-state index in [4.69, 9.17) is 0 Å². The van der Waals surface area contributed by atoms with Crippen molar-refractivity contribution in [3.63, 3.8) is 0 Å². The molecule has 1 aromatic carbocycles. The predicted octanol–water partition coefficient (Wildman–Crippen LogP) is 4.58. The molecule has 3 rings (SSSR count). The molecule has 0 heterocycles. The van der Waals surface area contributed by atoms with E-state index in [1.165, 1.54) is 41.4 Å². The Morgan fingerprint density at radius 3 is 2.50 bits per heavy atom. The lowest BCUT2D eigenvalue weighted by atomic mass is 9.88. The number of nitrogens with one attached hydrogen (secondary N) is 1. The largest absolute Gasteiger partial charge is 0.313 e. The Hall–Kier alpha value is -0.340. The van der Waals surface area contributed by atoms with Crippen molar-refractivity contribution in [3.8, 4) is 0 Å². The lowest BCUT2D eigenvalue weighted by molar-refractivity contribution is 0.423. The summed E-state index contributed by atoms with van der Waals surface area (Å²) in [6.07, 6.45) is 3.68. The molecule has 0 amide bonds. The molecular formula is C18H26BrN. The fourth-order valence-electron chi connectivity index (χ4n) is 4.03. The highest BCUT2D eigenvalue weighted by Gasteiger charge is 2.63. The van der Waals surface area contributed by atoms with Gasteiger partial charge in [-0.2, -0.15) is 0 Å². The number of hydrogen-bond donors (Lipinski definition) is 1. The Bertz CT molecular complexity index is 504. The molecule has 2 aliphatic rings. The van der Waals surface area contributed by atoms with Gasteiger partial charge in [0.25, 0.3) is 0 Å². The van der Waals surface area contributed by atoms with Crippen LogP contribution in [0.2, 0.25) is 0 Å². The van der Waals surface area contributed by atoms with Crippen molar-refractivity contribution in [2.45, 2.75) is 53.0 Å². The lowest BCUT2D eigenvalue weighted by Crippen LogP contribution is -2.36. The number of fused-ring (bicyclic) bond motifs is 1. The van der Waals surface area contributed by atoms with E-state index < -0.39 is 0 Å². The van der Waals surface area contributed by atoms with Crippen molar-refractivity contribution in [3.05, 3.63) is 33.8 Å². The molecule has 1 N–H and O–H groups in total. The van der Waals surface area contributed by atoms with E-state index in [9.17, 15) is 0 Å². The van der Waals surface area contributed by atoms with Crippen molar-refractivity contribution in [1.29, 1.82) is 0 Å². The highest BCUT2D eigenvalue weighted by Crippen LogP contribution is 2.67. The predicted molar refractivity (Wildman–Crippen MR) is 89.0 cm³/mol. The van der Waals surface area contributed by atoms with Crippen LogP contribution in [-0.4, -0.2) is 12.6 Å². The number of benzene rings is 1. The van der Waals surface area contributed by atoms with E-state index in [2.05, 4.69) is 67.1 Å². The molecule has 20 heavy (non-hydrogen) atoms. The molecule has 1 saturated carbocycles. The SMILES string of the molecule is CC1(C)C(CNC2CCc3cc(Br)ccc3C2)C1(C)C. The number of rotatable bonds is 3. The third-order valence-electron chi connectivity index (χ3n) is 6.33. The van der Waals surface area contributed by atoms with Gasteiger partial charge in [-0.3, -0.25) is 0 Å². The van der Waals surface area contributed by atoms with Gasteiger partial charge in [-0.15, -0.1) is 0 Å². The molecule has 0 saturated heterocycles. The van der Waals surface area contributed by atoms with Gasteiger partial charge < -0.3 is 5.32 Å². The molecule has 1 unspecified atom stereocenters. The number of halogens is 1. The van der Waals surface area contributed by atoms with Crippen LogP contribution in [0.5, 0.6) is 0 Å². The molecule has 2 aliphatic carbocycles. The topological polar surface area (TPSA) is 12.0 Å². The Balaban J connectivity index is 1.58. The molecule has 0 aliphatic heterocycles. The minimum absolute atomic E-state index is 0.497. The molecule has 0 aromatic heterocycles. The number of hydrogen-bond acceptors (Lipinski definition) is 1. The summed E-state index contributed by atoms with van der Waals surface area (Å²) < 4.78 is 1.21. The van der Waals surface area contributed by atoms with E-state index in [1.807, 2.05) is 0 Å². The fourth-order valence-corrected chi connectivity index (χ4v) is 4.43. The lowest BCUT2D eigenvalue weighted by Gasteiger charge is -2.26. The van der Waals surface area contributed by atoms with Gasteiger partial charge in [-0.05, 0) is 65.8 Å². The van der Waals surface area contributed by atoms with E-state index in [1.54, 1.807) is 0 Å². The highest BCUT2D eigenvalue weighted by atomic mass is 79.9. The van der Waals surface area contributed by atoms with Crippen LogP contribution in [0.25, 0.3) is 0 Å². The maximum Gasteiger partial charge on any atom is 0.0178 e. The second-order valence-corrected chi connectivity index (χ2v) is 8.67. The fraction of sp³-hybridized carbons (Fsp3) is 0.667. The third-order valence-corrected chi connectivity index (χ3v) is 6.82. The van der Waals surface area contributed by atoms with Crippen LogP contribution < -0.4 is 5.32 Å². The Kier molecular flexibility index (Phi) is 3.53. The summed E-state index contributed by atoms with van der Waals surface area (Å²) in [5, 5.41) is 3.84. The standard InChI is InChI=1S/C18H26BrN/c1-17(2)16(18(17,3)4)11-20-15-8-6-12-9-14(19)7-5-13(12)10-15/h5,7,9,15-16,20H,6,8,10-11H2,1-4H3. The monoisotopic (exact) mass is 335 g/mol. The molecule has 1 atom stereocenters. The Morgan fingerprint density at radius 1 is 1.15 bits per heavy atom. The summed E-state index contributed by atoms with van der Waals surface area (Å²) in [5.74, 6) is 0.821. The van der Waals surface area contributed by atoms with E-state index in [-0.39, 0.29) is 0 Å². The van der Waals surface area contributed by atoms with Crippen molar-refractivity contribution in [2.75, 3.05) is 6.54 Å². The molecular weight excluding hydrogens is 310 g/mol. The second kappa shape index (κ2) is 4.84. The van der Waals surface area contributed by atoms with Crippen LogP contribution >= 0.6 is 15.9 Å². The first kappa shape index (κ1) is 14.6. The Morgan fingerprint density at radius 2 is 1.85 bits per heavy atom. The summed E-state index contributed by atoms with van der Waals surface area (Å²) in [6, 6.07) is 7.42. The maximum atomic E-state index is 3.84. The first-order valence-corrected chi connectivity index (χ1v) is 8.62. The van der Waals surface area contributed by atoms with Crippen LogP contribution in [0.4, 0.5) is 0 Å². The minimum Gasteiger partial charge on any atom is -0.313 e. The zero-order valence-corrected chi connectivity index (χ0v) is 14.7.